The fourth-order valence-electron chi connectivity index (χ4n) is 1.41. The maximum absolute atomic E-state index is 5.70. The molecule has 0 bridgehead atoms. The molecule has 0 amide bonds. The number of hydrogen-bond donors (Lipinski definition) is 2. The first-order chi connectivity index (χ1) is 5.70. The summed E-state index contributed by atoms with van der Waals surface area (Å²) >= 11 is 0. The molecule has 0 saturated heterocycles. The van der Waals surface area contributed by atoms with Crippen LogP contribution in [0.25, 0.3) is 10.9 Å². The Kier molecular flexibility index (Phi) is 1.33. The summed E-state index contributed by atoms with van der Waals surface area (Å²) in [6.07, 6.45) is 1.73. The van der Waals surface area contributed by atoms with Crippen LogP contribution in [0.4, 0.5) is 5.82 Å². The minimum absolute atomic E-state index is 0.573. The zero-order chi connectivity index (χ0) is 8.72. The van der Waals surface area contributed by atoms with E-state index in [4.69, 9.17) is 5.73 Å². The minimum atomic E-state index is 0.573. The van der Waals surface area contributed by atoms with Gasteiger partial charge in [0.2, 0.25) is 0 Å². The summed E-state index contributed by atoms with van der Waals surface area (Å²) in [6.45, 7) is 4.11. The number of anilines is 1. The number of aromatic amines is 1. The number of fused-ring (bicyclic) bond motifs is 1. The van der Waals surface area contributed by atoms with Crippen molar-refractivity contribution in [3.8, 4) is 0 Å². The molecule has 0 unspecified atom stereocenters. The first-order valence-electron chi connectivity index (χ1n) is 3.89. The van der Waals surface area contributed by atoms with E-state index in [1.54, 1.807) is 6.20 Å². The standard InChI is InChI=1S/C9H11N3/c1-5-6(2)12-8-7(5)3-4-11-9(8)10/h3-4,12H,1-2H3,(H2,10,11). The quantitative estimate of drug-likeness (QED) is 0.618. The highest BCUT2D eigenvalue weighted by Gasteiger charge is 2.05. The molecular weight excluding hydrogens is 150 g/mol. The number of nitrogens with zero attached hydrogens (tertiary/aromatic N) is 1. The van der Waals surface area contributed by atoms with Gasteiger partial charge >= 0.3 is 0 Å². The van der Waals surface area contributed by atoms with Gasteiger partial charge in [0.05, 0.1) is 5.52 Å². The second kappa shape index (κ2) is 2.24. The molecule has 12 heavy (non-hydrogen) atoms. The molecule has 0 spiro atoms. The predicted molar refractivity (Wildman–Crippen MR) is 50.0 cm³/mol. The lowest BCUT2D eigenvalue weighted by atomic mass is 10.2. The second-order valence-corrected chi connectivity index (χ2v) is 2.99. The van der Waals surface area contributed by atoms with Crippen LogP contribution >= 0.6 is 0 Å². The summed E-state index contributed by atoms with van der Waals surface area (Å²) in [5.41, 5.74) is 9.05. The summed E-state index contributed by atoms with van der Waals surface area (Å²) in [5.74, 6) is 0.573. The molecule has 0 aliphatic heterocycles. The number of aryl methyl sites for hydroxylation is 2. The van der Waals surface area contributed by atoms with Gasteiger partial charge in [-0.15, -0.1) is 0 Å². The molecule has 2 aromatic rings. The molecule has 0 aliphatic carbocycles. The Labute approximate surface area is 70.6 Å². The van der Waals surface area contributed by atoms with Crippen molar-refractivity contribution in [2.24, 2.45) is 0 Å². The van der Waals surface area contributed by atoms with Crippen LogP contribution in [0, 0.1) is 13.8 Å². The molecule has 0 aromatic carbocycles. The summed E-state index contributed by atoms with van der Waals surface area (Å²) in [7, 11) is 0. The molecule has 0 aliphatic rings. The van der Waals surface area contributed by atoms with Gasteiger partial charge in [0, 0.05) is 17.3 Å². The Hall–Kier alpha value is -1.51. The van der Waals surface area contributed by atoms with Crippen LogP contribution in [0.3, 0.4) is 0 Å². The first kappa shape index (κ1) is 7.16. The first-order valence-corrected chi connectivity index (χ1v) is 3.89. The van der Waals surface area contributed by atoms with Crippen LogP contribution < -0.4 is 5.73 Å². The van der Waals surface area contributed by atoms with Gasteiger partial charge in [0.15, 0.2) is 0 Å². The van der Waals surface area contributed by atoms with E-state index in [9.17, 15) is 0 Å². The zero-order valence-electron chi connectivity index (χ0n) is 7.18. The monoisotopic (exact) mass is 161 g/mol. The van der Waals surface area contributed by atoms with Crippen molar-refractivity contribution >= 4 is 16.7 Å². The van der Waals surface area contributed by atoms with Gasteiger partial charge in [-0.25, -0.2) is 4.98 Å². The fraction of sp³-hybridized carbons (Fsp3) is 0.222. The highest BCUT2D eigenvalue weighted by Crippen LogP contribution is 2.23. The molecule has 0 saturated carbocycles. The lowest BCUT2D eigenvalue weighted by Gasteiger charge is -1.93. The van der Waals surface area contributed by atoms with E-state index in [0.29, 0.717) is 5.82 Å². The Morgan fingerprint density at radius 3 is 2.83 bits per heavy atom. The Morgan fingerprint density at radius 1 is 1.42 bits per heavy atom. The van der Waals surface area contributed by atoms with E-state index in [1.807, 2.05) is 13.0 Å². The number of nitrogens with one attached hydrogen (secondary N) is 1. The average molecular weight is 161 g/mol. The number of H-pyrrole nitrogens is 1. The molecule has 3 N–H and O–H groups in total. The van der Waals surface area contributed by atoms with E-state index in [-0.39, 0.29) is 0 Å². The van der Waals surface area contributed by atoms with Gasteiger partial charge in [-0.1, -0.05) is 0 Å². The van der Waals surface area contributed by atoms with E-state index in [1.165, 1.54) is 10.9 Å². The largest absolute Gasteiger partial charge is 0.382 e. The predicted octanol–water partition coefficient (Wildman–Crippen LogP) is 1.76. The molecule has 3 heteroatoms. The van der Waals surface area contributed by atoms with Gasteiger partial charge in [-0.2, -0.15) is 0 Å². The van der Waals surface area contributed by atoms with E-state index >= 15 is 0 Å². The molecule has 3 nitrogen and oxygen atoms in total. The third-order valence-electron chi connectivity index (χ3n) is 2.26. The van der Waals surface area contributed by atoms with Crippen LogP contribution in [-0.4, -0.2) is 9.97 Å². The maximum atomic E-state index is 5.70. The van der Waals surface area contributed by atoms with Crippen LogP contribution in [0.2, 0.25) is 0 Å². The van der Waals surface area contributed by atoms with Gasteiger partial charge in [0.25, 0.3) is 0 Å². The third-order valence-corrected chi connectivity index (χ3v) is 2.26. The topological polar surface area (TPSA) is 54.7 Å². The van der Waals surface area contributed by atoms with Crippen LogP contribution in [0.5, 0.6) is 0 Å². The number of pyridine rings is 1. The summed E-state index contributed by atoms with van der Waals surface area (Å²) in [6, 6.07) is 1.98. The van der Waals surface area contributed by atoms with Crippen molar-refractivity contribution in [1.82, 2.24) is 9.97 Å². The Balaban J connectivity index is 2.95. The van der Waals surface area contributed by atoms with Crippen molar-refractivity contribution in [2.75, 3.05) is 5.73 Å². The lowest BCUT2D eigenvalue weighted by molar-refractivity contribution is 1.25. The normalized spacial score (nSPS) is 10.8. The van der Waals surface area contributed by atoms with Gasteiger partial charge in [0.1, 0.15) is 5.82 Å². The molecular formula is C9H11N3. The van der Waals surface area contributed by atoms with E-state index in [0.717, 1.165) is 11.2 Å². The van der Waals surface area contributed by atoms with Crippen molar-refractivity contribution in [1.29, 1.82) is 0 Å². The Morgan fingerprint density at radius 2 is 2.17 bits per heavy atom. The Bertz CT molecular complexity index is 429. The van der Waals surface area contributed by atoms with Crippen molar-refractivity contribution in [3.05, 3.63) is 23.5 Å². The fourth-order valence-corrected chi connectivity index (χ4v) is 1.41. The molecule has 0 fully saturated rings. The summed E-state index contributed by atoms with van der Waals surface area (Å²) in [5, 5.41) is 1.17. The van der Waals surface area contributed by atoms with Crippen LogP contribution in [0.1, 0.15) is 11.3 Å². The van der Waals surface area contributed by atoms with E-state index in [2.05, 4.69) is 16.9 Å². The molecule has 2 rings (SSSR count). The molecule has 2 aromatic heterocycles. The number of hydrogen-bond acceptors (Lipinski definition) is 2. The smallest absolute Gasteiger partial charge is 0.147 e. The van der Waals surface area contributed by atoms with Crippen molar-refractivity contribution in [3.63, 3.8) is 0 Å². The highest BCUT2D eigenvalue weighted by molar-refractivity contribution is 5.91. The molecule has 62 valence electrons. The number of nitrogens with two attached hydrogens (primary N) is 1. The second-order valence-electron chi connectivity index (χ2n) is 2.99. The minimum Gasteiger partial charge on any atom is -0.382 e. The van der Waals surface area contributed by atoms with Crippen molar-refractivity contribution < 1.29 is 0 Å². The summed E-state index contributed by atoms with van der Waals surface area (Å²) in [4.78, 5) is 7.22. The lowest BCUT2D eigenvalue weighted by Crippen LogP contribution is -1.89. The SMILES string of the molecule is Cc1[nH]c2c(N)nccc2c1C. The number of rotatable bonds is 0. The van der Waals surface area contributed by atoms with E-state index < -0.39 is 0 Å². The zero-order valence-corrected chi connectivity index (χ0v) is 7.18. The summed E-state index contributed by atoms with van der Waals surface area (Å²) < 4.78 is 0. The average Bonchev–Trinajstić information content (AvgIpc) is 2.32. The highest BCUT2D eigenvalue weighted by atomic mass is 14.9. The number of aromatic nitrogens is 2. The van der Waals surface area contributed by atoms with Crippen molar-refractivity contribution in [2.45, 2.75) is 13.8 Å². The number of nitrogen functional groups attached to an aromatic ring is 1. The molecule has 0 atom stereocenters. The molecule has 0 radical (unpaired) electrons. The van der Waals surface area contributed by atoms with Gasteiger partial charge < -0.3 is 10.7 Å². The third kappa shape index (κ3) is 0.794. The van der Waals surface area contributed by atoms with Crippen LogP contribution in [-0.2, 0) is 0 Å². The molecule has 2 heterocycles. The van der Waals surface area contributed by atoms with Crippen LogP contribution in [0.15, 0.2) is 12.3 Å². The maximum Gasteiger partial charge on any atom is 0.147 e. The van der Waals surface area contributed by atoms with Gasteiger partial charge in [-0.3, -0.25) is 0 Å². The van der Waals surface area contributed by atoms with Gasteiger partial charge in [-0.05, 0) is 25.5 Å².